The predicted molar refractivity (Wildman–Crippen MR) is 93.0 cm³/mol. The van der Waals surface area contributed by atoms with Crippen LogP contribution in [0.1, 0.15) is 17.5 Å². The highest BCUT2D eigenvalue weighted by atomic mass is 35.5. The van der Waals surface area contributed by atoms with Crippen LogP contribution in [0, 0.1) is 6.92 Å². The molecule has 2 heterocycles. The normalized spacial score (nSPS) is 10.8. The van der Waals surface area contributed by atoms with E-state index in [1.165, 1.54) is 11.1 Å². The summed E-state index contributed by atoms with van der Waals surface area (Å²) >= 11 is 5.79. The largest absolute Gasteiger partial charge is 0.309 e. The van der Waals surface area contributed by atoms with Crippen molar-refractivity contribution in [2.45, 2.75) is 26.4 Å². The number of nitrogens with one attached hydrogen (secondary N) is 1. The first kappa shape index (κ1) is 16.3. The quantitative estimate of drug-likeness (QED) is 0.748. The number of halogens is 1. The van der Waals surface area contributed by atoms with Gasteiger partial charge in [-0.25, -0.2) is 0 Å². The Labute approximate surface area is 145 Å². The van der Waals surface area contributed by atoms with E-state index in [-0.39, 0.29) is 5.91 Å². The van der Waals surface area contributed by atoms with Gasteiger partial charge in [0.2, 0.25) is 5.91 Å². The number of nitrogens with zero attached hydrogens (tertiary/aromatic N) is 4. The minimum Gasteiger partial charge on any atom is -0.309 e. The summed E-state index contributed by atoms with van der Waals surface area (Å²) in [6.45, 7) is 3.21. The van der Waals surface area contributed by atoms with Crippen LogP contribution < -0.4 is 5.32 Å². The molecule has 0 aliphatic rings. The molecule has 3 aromatic rings. The van der Waals surface area contributed by atoms with Crippen LogP contribution in [0.2, 0.25) is 5.02 Å². The van der Waals surface area contributed by atoms with Crippen LogP contribution in [-0.2, 0) is 17.9 Å². The van der Waals surface area contributed by atoms with Gasteiger partial charge in [0.1, 0.15) is 0 Å². The molecule has 0 radical (unpaired) electrons. The molecule has 0 aliphatic heterocycles. The molecule has 0 atom stereocenters. The molecule has 7 heteroatoms. The van der Waals surface area contributed by atoms with Crippen LogP contribution in [0.3, 0.4) is 0 Å². The van der Waals surface area contributed by atoms with E-state index in [4.69, 9.17) is 11.6 Å². The second kappa shape index (κ2) is 7.31. The summed E-state index contributed by atoms with van der Waals surface area (Å²) in [6, 6.07) is 10.1. The Kier molecular flexibility index (Phi) is 4.96. The Morgan fingerprint density at radius 3 is 2.92 bits per heavy atom. The number of hydrogen-bond acceptors (Lipinski definition) is 3. The fourth-order valence-corrected chi connectivity index (χ4v) is 2.55. The molecular weight excluding hydrogens is 326 g/mol. The van der Waals surface area contributed by atoms with Crippen LogP contribution in [-0.4, -0.2) is 25.5 Å². The molecule has 6 nitrogen and oxygen atoms in total. The Bertz CT molecular complexity index is 839. The number of amides is 1. The molecule has 0 bridgehead atoms. The minimum absolute atomic E-state index is 0.109. The van der Waals surface area contributed by atoms with Crippen LogP contribution in [0.15, 0.2) is 48.9 Å². The lowest BCUT2D eigenvalue weighted by atomic mass is 10.1. The average molecular weight is 344 g/mol. The molecule has 3 rings (SSSR count). The standard InChI is InChI=1S/C17H18ClN5O/c1-13-3-2-4-14(9-13)11-23-7-5-16(21-23)20-17(24)6-8-22-12-15(18)10-19-22/h2-5,7,9-10,12H,6,8,11H2,1H3,(H,20,21,24). The number of carbonyl (C=O) groups excluding carboxylic acids is 1. The van der Waals surface area contributed by atoms with Gasteiger partial charge in [0, 0.05) is 31.4 Å². The first-order valence-corrected chi connectivity index (χ1v) is 8.03. The van der Waals surface area contributed by atoms with Crippen molar-refractivity contribution in [1.29, 1.82) is 0 Å². The summed E-state index contributed by atoms with van der Waals surface area (Å²) in [6.07, 6.45) is 5.39. The Morgan fingerprint density at radius 2 is 2.17 bits per heavy atom. The Hall–Kier alpha value is -2.60. The summed E-state index contributed by atoms with van der Waals surface area (Å²) in [5, 5.41) is 11.8. The third-order valence-electron chi connectivity index (χ3n) is 3.50. The van der Waals surface area contributed by atoms with Crippen LogP contribution in [0.5, 0.6) is 0 Å². The number of anilines is 1. The van der Waals surface area contributed by atoms with Gasteiger partial charge in [-0.1, -0.05) is 41.4 Å². The van der Waals surface area contributed by atoms with E-state index < -0.39 is 0 Å². The van der Waals surface area contributed by atoms with Gasteiger partial charge >= 0.3 is 0 Å². The fraction of sp³-hybridized carbons (Fsp3) is 0.235. The van der Waals surface area contributed by atoms with Crippen LogP contribution in [0.4, 0.5) is 5.82 Å². The molecule has 1 N–H and O–H groups in total. The molecule has 1 amide bonds. The molecule has 0 fully saturated rings. The molecule has 1 aromatic carbocycles. The van der Waals surface area contributed by atoms with Gasteiger partial charge in [-0.05, 0) is 12.5 Å². The van der Waals surface area contributed by atoms with Crippen molar-refractivity contribution in [1.82, 2.24) is 19.6 Å². The highest BCUT2D eigenvalue weighted by Crippen LogP contribution is 2.09. The van der Waals surface area contributed by atoms with Gasteiger partial charge in [-0.2, -0.15) is 10.2 Å². The van der Waals surface area contributed by atoms with Crippen molar-refractivity contribution in [2.24, 2.45) is 0 Å². The third-order valence-corrected chi connectivity index (χ3v) is 3.70. The molecule has 124 valence electrons. The molecular formula is C17H18ClN5O. The summed E-state index contributed by atoms with van der Waals surface area (Å²) in [5.74, 6) is 0.438. The number of carbonyl (C=O) groups is 1. The van der Waals surface area contributed by atoms with Crippen molar-refractivity contribution in [2.75, 3.05) is 5.32 Å². The van der Waals surface area contributed by atoms with E-state index in [2.05, 4.69) is 40.6 Å². The van der Waals surface area contributed by atoms with Crippen molar-refractivity contribution in [3.05, 3.63) is 65.1 Å². The van der Waals surface area contributed by atoms with Gasteiger partial charge in [-0.3, -0.25) is 14.2 Å². The van der Waals surface area contributed by atoms with E-state index in [0.29, 0.717) is 30.4 Å². The van der Waals surface area contributed by atoms with E-state index >= 15 is 0 Å². The maximum atomic E-state index is 12.0. The number of hydrogen-bond donors (Lipinski definition) is 1. The van der Waals surface area contributed by atoms with Crippen molar-refractivity contribution >= 4 is 23.3 Å². The number of aromatic nitrogens is 4. The molecule has 0 saturated heterocycles. The summed E-state index contributed by atoms with van der Waals surface area (Å²) in [7, 11) is 0. The van der Waals surface area contributed by atoms with E-state index in [9.17, 15) is 4.79 Å². The summed E-state index contributed by atoms with van der Waals surface area (Å²) in [4.78, 5) is 12.0. The summed E-state index contributed by atoms with van der Waals surface area (Å²) in [5.41, 5.74) is 2.39. The molecule has 0 saturated carbocycles. The zero-order valence-corrected chi connectivity index (χ0v) is 14.1. The zero-order chi connectivity index (χ0) is 16.9. The number of aryl methyl sites for hydroxylation is 2. The van der Waals surface area contributed by atoms with Gasteiger partial charge < -0.3 is 5.32 Å². The molecule has 24 heavy (non-hydrogen) atoms. The molecule has 0 unspecified atom stereocenters. The molecule has 2 aromatic heterocycles. The lowest BCUT2D eigenvalue weighted by Crippen LogP contribution is -2.15. The zero-order valence-electron chi connectivity index (χ0n) is 13.3. The van der Waals surface area contributed by atoms with Crippen molar-refractivity contribution in [3.8, 4) is 0 Å². The van der Waals surface area contributed by atoms with Gasteiger partial charge in [-0.15, -0.1) is 0 Å². The second-order valence-corrected chi connectivity index (χ2v) is 6.04. The number of benzene rings is 1. The van der Waals surface area contributed by atoms with E-state index in [1.807, 2.05) is 12.3 Å². The highest BCUT2D eigenvalue weighted by Gasteiger charge is 2.06. The molecule has 0 aliphatic carbocycles. The highest BCUT2D eigenvalue weighted by molar-refractivity contribution is 6.30. The maximum absolute atomic E-state index is 12.0. The topological polar surface area (TPSA) is 64.7 Å². The van der Waals surface area contributed by atoms with Crippen molar-refractivity contribution < 1.29 is 4.79 Å². The van der Waals surface area contributed by atoms with Gasteiger partial charge in [0.15, 0.2) is 5.82 Å². The first-order valence-electron chi connectivity index (χ1n) is 7.65. The SMILES string of the molecule is Cc1cccc(Cn2ccc(NC(=O)CCn3cc(Cl)cn3)n2)c1. The van der Waals surface area contributed by atoms with Gasteiger partial charge in [0.05, 0.1) is 17.8 Å². The van der Waals surface area contributed by atoms with E-state index in [1.54, 1.807) is 27.8 Å². The van der Waals surface area contributed by atoms with Crippen molar-refractivity contribution in [3.63, 3.8) is 0 Å². The smallest absolute Gasteiger partial charge is 0.227 e. The lowest BCUT2D eigenvalue weighted by Gasteiger charge is -2.04. The van der Waals surface area contributed by atoms with E-state index in [0.717, 1.165) is 0 Å². The Morgan fingerprint density at radius 1 is 1.29 bits per heavy atom. The number of rotatable bonds is 6. The second-order valence-electron chi connectivity index (χ2n) is 5.61. The van der Waals surface area contributed by atoms with Crippen LogP contribution in [0.25, 0.3) is 0 Å². The average Bonchev–Trinajstić information content (AvgIpc) is 3.14. The fourth-order valence-electron chi connectivity index (χ4n) is 2.40. The third kappa shape index (κ3) is 4.45. The summed E-state index contributed by atoms with van der Waals surface area (Å²) < 4.78 is 3.44. The van der Waals surface area contributed by atoms with Crippen LogP contribution >= 0.6 is 11.6 Å². The lowest BCUT2D eigenvalue weighted by molar-refractivity contribution is -0.116. The minimum atomic E-state index is -0.109. The monoisotopic (exact) mass is 343 g/mol. The maximum Gasteiger partial charge on any atom is 0.227 e. The first-order chi connectivity index (χ1) is 11.6. The predicted octanol–water partition coefficient (Wildman–Crippen LogP) is 3.12. The van der Waals surface area contributed by atoms with Gasteiger partial charge in [0.25, 0.3) is 0 Å². The molecule has 0 spiro atoms. The Balaban J connectivity index is 1.52.